The van der Waals surface area contributed by atoms with Gasteiger partial charge < -0.3 is 9.84 Å². The highest BCUT2D eigenvalue weighted by Crippen LogP contribution is 2.21. The van der Waals surface area contributed by atoms with Crippen molar-refractivity contribution in [2.45, 2.75) is 25.9 Å². The Kier molecular flexibility index (Phi) is 5.12. The number of aryl methyl sites for hydroxylation is 1. The molecule has 3 aromatic carbocycles. The summed E-state index contributed by atoms with van der Waals surface area (Å²) in [5, 5.41) is 11.1. The van der Waals surface area contributed by atoms with Crippen LogP contribution < -0.4 is 4.74 Å². The number of carboxylic acids is 1. The zero-order chi connectivity index (χ0) is 16.8. The van der Waals surface area contributed by atoms with Crippen molar-refractivity contribution in [2.24, 2.45) is 0 Å². The minimum atomic E-state index is -0.745. The van der Waals surface area contributed by atoms with Crippen molar-refractivity contribution in [1.82, 2.24) is 0 Å². The molecule has 0 heterocycles. The summed E-state index contributed by atoms with van der Waals surface area (Å²) < 4.78 is 5.90. The van der Waals surface area contributed by atoms with E-state index in [2.05, 4.69) is 24.3 Å². The lowest BCUT2D eigenvalue weighted by Crippen LogP contribution is -1.97. The molecule has 0 saturated heterocycles. The Balaban J connectivity index is 1.61. The summed E-state index contributed by atoms with van der Waals surface area (Å²) in [6, 6.07) is 22.4. The third-order valence-electron chi connectivity index (χ3n) is 4.05. The van der Waals surface area contributed by atoms with Crippen LogP contribution in [-0.2, 0) is 17.8 Å². The fourth-order valence-corrected chi connectivity index (χ4v) is 2.78. The summed E-state index contributed by atoms with van der Waals surface area (Å²) in [4.78, 5) is 10.5. The van der Waals surface area contributed by atoms with E-state index in [9.17, 15) is 4.79 Å². The lowest BCUT2D eigenvalue weighted by molar-refractivity contribution is -0.137. The van der Waals surface area contributed by atoms with E-state index in [4.69, 9.17) is 9.84 Å². The minimum Gasteiger partial charge on any atom is -0.489 e. The molecule has 0 aliphatic rings. The Hall–Kier alpha value is -2.81. The van der Waals surface area contributed by atoms with Crippen LogP contribution in [-0.4, -0.2) is 11.1 Å². The van der Waals surface area contributed by atoms with Crippen LogP contribution in [0.15, 0.2) is 66.7 Å². The largest absolute Gasteiger partial charge is 0.489 e. The molecule has 0 spiro atoms. The molecule has 0 amide bonds. The molecule has 0 aromatic heterocycles. The molecule has 0 fully saturated rings. The second-order valence-corrected chi connectivity index (χ2v) is 5.82. The van der Waals surface area contributed by atoms with Gasteiger partial charge in [0.05, 0.1) is 0 Å². The van der Waals surface area contributed by atoms with Gasteiger partial charge in [0, 0.05) is 6.42 Å². The highest BCUT2D eigenvalue weighted by molar-refractivity contribution is 5.85. The average Bonchev–Trinajstić information content (AvgIpc) is 2.61. The van der Waals surface area contributed by atoms with Gasteiger partial charge in [-0.3, -0.25) is 4.79 Å². The molecular formula is C21H20O3. The number of aliphatic carboxylic acids is 1. The normalized spacial score (nSPS) is 10.7. The quantitative estimate of drug-likeness (QED) is 0.678. The van der Waals surface area contributed by atoms with Crippen LogP contribution in [0, 0.1) is 0 Å². The van der Waals surface area contributed by atoms with Crippen LogP contribution in [0.4, 0.5) is 0 Å². The second-order valence-electron chi connectivity index (χ2n) is 5.82. The summed E-state index contributed by atoms with van der Waals surface area (Å²) in [7, 11) is 0. The molecular weight excluding hydrogens is 300 g/mol. The number of hydrogen-bond donors (Lipinski definition) is 1. The predicted octanol–water partition coefficient (Wildman–Crippen LogP) is 4.83. The number of benzene rings is 3. The summed E-state index contributed by atoms with van der Waals surface area (Å²) in [5.74, 6) is 0.0787. The van der Waals surface area contributed by atoms with E-state index in [-0.39, 0.29) is 6.42 Å². The van der Waals surface area contributed by atoms with Crippen LogP contribution in [0.3, 0.4) is 0 Å². The van der Waals surface area contributed by atoms with Crippen molar-refractivity contribution < 1.29 is 14.6 Å². The van der Waals surface area contributed by atoms with Crippen LogP contribution in [0.1, 0.15) is 24.0 Å². The summed E-state index contributed by atoms with van der Waals surface area (Å²) in [6.07, 6.45) is 1.64. The molecule has 3 rings (SSSR count). The molecule has 0 bridgehead atoms. The fourth-order valence-electron chi connectivity index (χ4n) is 2.78. The van der Waals surface area contributed by atoms with Gasteiger partial charge in [-0.2, -0.15) is 0 Å². The highest BCUT2D eigenvalue weighted by Gasteiger charge is 2.02. The van der Waals surface area contributed by atoms with E-state index < -0.39 is 5.97 Å². The Morgan fingerprint density at radius 3 is 2.46 bits per heavy atom. The van der Waals surface area contributed by atoms with E-state index in [1.165, 1.54) is 16.3 Å². The van der Waals surface area contributed by atoms with Gasteiger partial charge in [-0.25, -0.2) is 0 Å². The van der Waals surface area contributed by atoms with Gasteiger partial charge in [0.2, 0.25) is 0 Å². The lowest BCUT2D eigenvalue weighted by Gasteiger charge is -2.10. The molecule has 0 radical (unpaired) electrons. The first kappa shape index (κ1) is 16.1. The molecule has 3 nitrogen and oxygen atoms in total. The van der Waals surface area contributed by atoms with E-state index in [1.54, 1.807) is 0 Å². The van der Waals surface area contributed by atoms with Crippen molar-refractivity contribution in [3.8, 4) is 5.75 Å². The first-order valence-corrected chi connectivity index (χ1v) is 8.12. The summed E-state index contributed by atoms with van der Waals surface area (Å²) in [6.45, 7) is 0.527. The van der Waals surface area contributed by atoms with Gasteiger partial charge in [-0.1, -0.05) is 54.6 Å². The smallest absolute Gasteiger partial charge is 0.303 e. The van der Waals surface area contributed by atoms with Crippen molar-refractivity contribution in [2.75, 3.05) is 0 Å². The Morgan fingerprint density at radius 2 is 1.67 bits per heavy atom. The fraction of sp³-hybridized carbons (Fsp3) is 0.190. The van der Waals surface area contributed by atoms with E-state index in [1.807, 2.05) is 42.5 Å². The molecule has 0 unspecified atom stereocenters. The lowest BCUT2D eigenvalue weighted by atomic mass is 10.1. The molecule has 0 aliphatic carbocycles. The number of hydrogen-bond acceptors (Lipinski definition) is 2. The van der Waals surface area contributed by atoms with Crippen LogP contribution in [0.5, 0.6) is 5.75 Å². The standard InChI is InChI=1S/C21H20O3/c22-21(23)10-3-5-16-11-13-19(14-12-16)24-15-18-8-4-7-17-6-1-2-9-20(17)18/h1-2,4,6-9,11-14H,3,5,10,15H2,(H,22,23). The van der Waals surface area contributed by atoms with E-state index in [0.717, 1.165) is 17.7 Å². The first-order chi connectivity index (χ1) is 11.7. The topological polar surface area (TPSA) is 46.5 Å². The van der Waals surface area contributed by atoms with Gasteiger partial charge in [0.15, 0.2) is 0 Å². The van der Waals surface area contributed by atoms with E-state index in [0.29, 0.717) is 13.0 Å². The molecule has 0 saturated carbocycles. The number of carboxylic acid groups (broad SMARTS) is 1. The SMILES string of the molecule is O=C(O)CCCc1ccc(OCc2cccc3ccccc23)cc1. The van der Waals surface area contributed by atoms with Gasteiger partial charge >= 0.3 is 5.97 Å². The number of carbonyl (C=O) groups is 1. The summed E-state index contributed by atoms with van der Waals surface area (Å²) in [5.41, 5.74) is 2.30. The van der Waals surface area contributed by atoms with Gasteiger partial charge in [0.25, 0.3) is 0 Å². The van der Waals surface area contributed by atoms with Crippen molar-refractivity contribution in [1.29, 1.82) is 0 Å². The first-order valence-electron chi connectivity index (χ1n) is 8.12. The van der Waals surface area contributed by atoms with Crippen molar-refractivity contribution in [3.05, 3.63) is 77.9 Å². The van der Waals surface area contributed by atoms with Gasteiger partial charge in [-0.05, 0) is 46.9 Å². The third kappa shape index (κ3) is 4.13. The van der Waals surface area contributed by atoms with E-state index >= 15 is 0 Å². The van der Waals surface area contributed by atoms with Crippen molar-refractivity contribution in [3.63, 3.8) is 0 Å². The van der Waals surface area contributed by atoms with Crippen LogP contribution in [0.2, 0.25) is 0 Å². The average molecular weight is 320 g/mol. The maximum atomic E-state index is 10.5. The number of fused-ring (bicyclic) bond motifs is 1. The zero-order valence-electron chi connectivity index (χ0n) is 13.4. The second kappa shape index (κ2) is 7.64. The molecule has 0 atom stereocenters. The number of ether oxygens (including phenoxy) is 1. The third-order valence-corrected chi connectivity index (χ3v) is 4.05. The molecule has 0 aliphatic heterocycles. The Labute approximate surface area is 141 Å². The maximum Gasteiger partial charge on any atom is 0.303 e. The highest BCUT2D eigenvalue weighted by atomic mass is 16.5. The monoisotopic (exact) mass is 320 g/mol. The Morgan fingerprint density at radius 1 is 0.917 bits per heavy atom. The molecule has 1 N–H and O–H groups in total. The maximum absolute atomic E-state index is 10.5. The summed E-state index contributed by atoms with van der Waals surface area (Å²) >= 11 is 0. The molecule has 24 heavy (non-hydrogen) atoms. The zero-order valence-corrected chi connectivity index (χ0v) is 13.4. The Bertz CT molecular complexity index is 817. The minimum absolute atomic E-state index is 0.208. The molecule has 3 heteroatoms. The van der Waals surface area contributed by atoms with Gasteiger partial charge in [-0.15, -0.1) is 0 Å². The van der Waals surface area contributed by atoms with Crippen LogP contribution in [0.25, 0.3) is 10.8 Å². The number of rotatable bonds is 7. The molecule has 122 valence electrons. The van der Waals surface area contributed by atoms with Crippen molar-refractivity contribution >= 4 is 16.7 Å². The molecule has 3 aromatic rings. The predicted molar refractivity (Wildman–Crippen MR) is 95.3 cm³/mol. The van der Waals surface area contributed by atoms with Gasteiger partial charge in [0.1, 0.15) is 12.4 Å². The van der Waals surface area contributed by atoms with Crippen LogP contribution >= 0.6 is 0 Å².